The smallest absolute Gasteiger partial charge is 0.181 e. The Kier molecular flexibility index (Phi) is 5.23. The van der Waals surface area contributed by atoms with Crippen LogP contribution in [0.3, 0.4) is 0 Å². The van der Waals surface area contributed by atoms with E-state index in [-0.39, 0.29) is 11.6 Å². The molecular weight excluding hydrogens is 448 g/mol. The third-order valence-electron chi connectivity index (χ3n) is 6.90. The number of nitrogens with two attached hydrogens (primary N) is 1. The Labute approximate surface area is 210 Å². The summed E-state index contributed by atoms with van der Waals surface area (Å²) in [5.41, 5.74) is 11.2. The SMILES string of the molecule is Cn1nc(-c2ccccc2)nc1C(Nc1ccc2c(N)nccc2c1)c1ccc2c(c1)C(C)(C)OC2. The van der Waals surface area contributed by atoms with E-state index in [1.54, 1.807) is 6.20 Å². The monoisotopic (exact) mass is 476 g/mol. The van der Waals surface area contributed by atoms with Crippen LogP contribution in [0, 0.1) is 0 Å². The van der Waals surface area contributed by atoms with E-state index >= 15 is 0 Å². The summed E-state index contributed by atoms with van der Waals surface area (Å²) in [6, 6.07) is 24.5. The van der Waals surface area contributed by atoms with Crippen LogP contribution in [0.5, 0.6) is 0 Å². The molecule has 3 N–H and O–H groups in total. The van der Waals surface area contributed by atoms with Gasteiger partial charge in [-0.25, -0.2) is 9.97 Å². The van der Waals surface area contributed by atoms with Crippen LogP contribution >= 0.6 is 0 Å². The normalized spacial score (nSPS) is 15.1. The number of aromatic nitrogens is 4. The highest BCUT2D eigenvalue weighted by molar-refractivity contribution is 5.92. The molecule has 7 heteroatoms. The minimum atomic E-state index is -0.335. The van der Waals surface area contributed by atoms with Gasteiger partial charge in [-0.15, -0.1) is 0 Å². The van der Waals surface area contributed by atoms with Gasteiger partial charge in [0, 0.05) is 29.9 Å². The summed E-state index contributed by atoms with van der Waals surface area (Å²) >= 11 is 0. The summed E-state index contributed by atoms with van der Waals surface area (Å²) in [6.07, 6.45) is 1.73. The molecule has 0 bridgehead atoms. The van der Waals surface area contributed by atoms with Gasteiger partial charge in [-0.1, -0.05) is 48.5 Å². The minimum absolute atomic E-state index is 0.238. The number of pyridine rings is 1. The van der Waals surface area contributed by atoms with Gasteiger partial charge in [0.1, 0.15) is 11.9 Å². The average molecular weight is 477 g/mol. The number of anilines is 2. The molecule has 1 aliphatic rings. The standard InChI is InChI=1S/C29H28N6O/c1-29(2)24-16-20(9-10-21(24)17-36-29)25(28-33-27(34-35(28)3)18-7-5-4-6-8-18)32-22-11-12-23-19(15-22)13-14-31-26(23)30/h4-16,25,32H,17H2,1-3H3,(H2,30,31). The molecule has 0 spiro atoms. The van der Waals surface area contributed by atoms with Gasteiger partial charge in [0.05, 0.1) is 12.2 Å². The first-order chi connectivity index (χ1) is 17.4. The molecule has 1 aliphatic heterocycles. The van der Waals surface area contributed by atoms with Crippen molar-refractivity contribution in [1.29, 1.82) is 0 Å². The molecule has 3 aromatic carbocycles. The van der Waals surface area contributed by atoms with Crippen LogP contribution in [0.15, 0.2) is 79.0 Å². The van der Waals surface area contributed by atoms with Crippen molar-refractivity contribution in [3.63, 3.8) is 0 Å². The van der Waals surface area contributed by atoms with Gasteiger partial charge in [0.15, 0.2) is 11.6 Å². The van der Waals surface area contributed by atoms with Crippen molar-refractivity contribution in [2.24, 2.45) is 7.05 Å². The van der Waals surface area contributed by atoms with Crippen LogP contribution in [0.4, 0.5) is 11.5 Å². The zero-order valence-electron chi connectivity index (χ0n) is 20.6. The number of hydrogen-bond acceptors (Lipinski definition) is 6. The van der Waals surface area contributed by atoms with Crippen LogP contribution in [-0.2, 0) is 24.0 Å². The molecule has 0 amide bonds. The van der Waals surface area contributed by atoms with Crippen molar-refractivity contribution in [3.8, 4) is 11.4 Å². The Morgan fingerprint density at radius 2 is 1.86 bits per heavy atom. The first-order valence-electron chi connectivity index (χ1n) is 12.0. The molecule has 0 fully saturated rings. The second kappa shape index (κ2) is 8.46. The molecule has 2 aromatic heterocycles. The molecule has 1 unspecified atom stereocenters. The molecule has 1 atom stereocenters. The number of rotatable bonds is 5. The number of nitrogens with zero attached hydrogens (tertiary/aromatic N) is 4. The van der Waals surface area contributed by atoms with Crippen molar-refractivity contribution < 1.29 is 4.74 Å². The molecule has 3 heterocycles. The van der Waals surface area contributed by atoms with Gasteiger partial charge < -0.3 is 15.8 Å². The number of benzene rings is 3. The highest BCUT2D eigenvalue weighted by atomic mass is 16.5. The maximum absolute atomic E-state index is 6.08. The summed E-state index contributed by atoms with van der Waals surface area (Å²) < 4.78 is 7.90. The predicted octanol–water partition coefficient (Wildman–Crippen LogP) is 5.58. The Morgan fingerprint density at radius 1 is 1.03 bits per heavy atom. The third kappa shape index (κ3) is 3.87. The lowest BCUT2D eigenvalue weighted by atomic mass is 9.92. The van der Waals surface area contributed by atoms with Crippen molar-refractivity contribution >= 4 is 22.3 Å². The summed E-state index contributed by atoms with van der Waals surface area (Å²) in [7, 11) is 1.94. The molecule has 180 valence electrons. The number of ether oxygens (including phenoxy) is 1. The molecule has 36 heavy (non-hydrogen) atoms. The number of hydrogen-bond donors (Lipinski definition) is 2. The highest BCUT2D eigenvalue weighted by Crippen LogP contribution is 2.39. The van der Waals surface area contributed by atoms with Gasteiger partial charge in [-0.05, 0) is 60.2 Å². The molecule has 6 rings (SSSR count). The summed E-state index contributed by atoms with van der Waals surface area (Å²) in [5, 5.41) is 10.4. The van der Waals surface area contributed by atoms with E-state index in [1.165, 1.54) is 11.1 Å². The van der Waals surface area contributed by atoms with Gasteiger partial charge in [0.2, 0.25) is 0 Å². The number of fused-ring (bicyclic) bond motifs is 2. The molecule has 7 nitrogen and oxygen atoms in total. The van der Waals surface area contributed by atoms with E-state index in [4.69, 9.17) is 20.6 Å². The van der Waals surface area contributed by atoms with E-state index in [2.05, 4.69) is 48.4 Å². The lowest BCUT2D eigenvalue weighted by molar-refractivity contribution is -0.00792. The molecule has 0 saturated carbocycles. The van der Waals surface area contributed by atoms with E-state index in [0.717, 1.165) is 33.4 Å². The largest absolute Gasteiger partial charge is 0.383 e. The molecule has 0 radical (unpaired) electrons. The zero-order valence-corrected chi connectivity index (χ0v) is 20.6. The Morgan fingerprint density at radius 3 is 2.69 bits per heavy atom. The van der Waals surface area contributed by atoms with Gasteiger partial charge in [0.25, 0.3) is 0 Å². The zero-order chi connectivity index (χ0) is 24.9. The number of nitrogens with one attached hydrogen (secondary N) is 1. The van der Waals surface area contributed by atoms with Gasteiger partial charge >= 0.3 is 0 Å². The molecule has 0 saturated heterocycles. The van der Waals surface area contributed by atoms with Crippen LogP contribution in [0.2, 0.25) is 0 Å². The molecule has 0 aliphatic carbocycles. The summed E-state index contributed by atoms with van der Waals surface area (Å²) in [4.78, 5) is 9.19. The van der Waals surface area contributed by atoms with E-state index in [9.17, 15) is 0 Å². The average Bonchev–Trinajstić information content (AvgIpc) is 3.42. The van der Waals surface area contributed by atoms with Crippen molar-refractivity contribution in [2.75, 3.05) is 11.1 Å². The minimum Gasteiger partial charge on any atom is -0.383 e. The Bertz CT molecular complexity index is 1570. The first kappa shape index (κ1) is 22.2. The summed E-state index contributed by atoms with van der Waals surface area (Å²) in [5.74, 6) is 2.04. The van der Waals surface area contributed by atoms with Crippen molar-refractivity contribution in [3.05, 3.63) is 102 Å². The number of aryl methyl sites for hydroxylation is 1. The van der Waals surface area contributed by atoms with Crippen molar-refractivity contribution in [1.82, 2.24) is 19.7 Å². The van der Waals surface area contributed by atoms with Crippen LogP contribution in [0.25, 0.3) is 22.2 Å². The van der Waals surface area contributed by atoms with E-state index in [0.29, 0.717) is 18.2 Å². The van der Waals surface area contributed by atoms with E-state index in [1.807, 2.05) is 60.3 Å². The topological polar surface area (TPSA) is 90.9 Å². The molecule has 5 aromatic rings. The van der Waals surface area contributed by atoms with Crippen molar-refractivity contribution in [2.45, 2.75) is 32.1 Å². The lowest BCUT2D eigenvalue weighted by Gasteiger charge is -2.23. The number of nitrogen functional groups attached to an aromatic ring is 1. The van der Waals surface area contributed by atoms with Crippen LogP contribution in [0.1, 0.15) is 42.4 Å². The fraction of sp³-hybridized carbons (Fsp3) is 0.207. The fourth-order valence-electron chi connectivity index (χ4n) is 4.91. The lowest BCUT2D eigenvalue weighted by Crippen LogP contribution is -2.19. The predicted molar refractivity (Wildman–Crippen MR) is 142 cm³/mol. The maximum Gasteiger partial charge on any atom is 0.181 e. The maximum atomic E-state index is 6.08. The second-order valence-electron chi connectivity index (χ2n) is 9.71. The molecular formula is C29H28N6O. The third-order valence-corrected chi connectivity index (χ3v) is 6.90. The fourth-order valence-corrected chi connectivity index (χ4v) is 4.91. The first-order valence-corrected chi connectivity index (χ1v) is 12.0. The van der Waals surface area contributed by atoms with Gasteiger partial charge in [-0.2, -0.15) is 5.10 Å². The quantitative estimate of drug-likeness (QED) is 0.344. The Hall–Kier alpha value is -4.23. The van der Waals surface area contributed by atoms with Crippen LogP contribution in [-0.4, -0.2) is 19.7 Å². The summed E-state index contributed by atoms with van der Waals surface area (Å²) in [6.45, 7) is 4.86. The highest BCUT2D eigenvalue weighted by Gasteiger charge is 2.32. The van der Waals surface area contributed by atoms with Crippen LogP contribution < -0.4 is 11.1 Å². The van der Waals surface area contributed by atoms with E-state index < -0.39 is 0 Å². The Balaban J connectivity index is 1.46. The second-order valence-corrected chi connectivity index (χ2v) is 9.71. The van der Waals surface area contributed by atoms with Gasteiger partial charge in [-0.3, -0.25) is 4.68 Å².